The summed E-state index contributed by atoms with van der Waals surface area (Å²) in [5.41, 5.74) is 9.97. The fourth-order valence-corrected chi connectivity index (χ4v) is 3.00. The molecule has 0 atom stereocenters. The Labute approximate surface area is 143 Å². The normalized spacial score (nSPS) is 13.1. The summed E-state index contributed by atoms with van der Waals surface area (Å²) in [6, 6.07) is 10.6. The summed E-state index contributed by atoms with van der Waals surface area (Å²) in [6.07, 6.45) is 0. The molecule has 0 bridgehead atoms. The van der Waals surface area contributed by atoms with E-state index < -0.39 is 5.97 Å². The first-order chi connectivity index (χ1) is 12.1. The molecule has 0 saturated carbocycles. The molecule has 5 N–H and O–H groups in total. The van der Waals surface area contributed by atoms with Crippen LogP contribution >= 0.6 is 0 Å². The van der Waals surface area contributed by atoms with Crippen molar-refractivity contribution in [2.75, 3.05) is 18.2 Å². The zero-order chi connectivity index (χ0) is 17.6. The number of aliphatic imine (C=N–C) groups is 1. The van der Waals surface area contributed by atoms with Crippen LogP contribution in [0.4, 0.5) is 11.4 Å². The van der Waals surface area contributed by atoms with Crippen LogP contribution in [0.1, 0.15) is 21.5 Å². The van der Waals surface area contributed by atoms with Gasteiger partial charge in [0.15, 0.2) is 0 Å². The minimum Gasteiger partial charge on any atom is -0.494 e. The quantitative estimate of drug-likeness (QED) is 0.424. The largest absolute Gasteiger partial charge is 0.494 e. The van der Waals surface area contributed by atoms with Crippen molar-refractivity contribution in [2.45, 2.75) is 6.54 Å². The molecule has 7 nitrogen and oxygen atoms in total. The number of anilines is 2. The monoisotopic (exact) mass is 336 g/mol. The molecule has 7 heteroatoms. The van der Waals surface area contributed by atoms with Crippen LogP contribution in [-0.4, -0.2) is 29.0 Å². The highest BCUT2D eigenvalue weighted by Crippen LogP contribution is 2.32. The maximum Gasteiger partial charge on any atom is 0.337 e. The second kappa shape index (κ2) is 5.55. The molecule has 126 valence electrons. The van der Waals surface area contributed by atoms with Gasteiger partial charge in [0.25, 0.3) is 0 Å². The van der Waals surface area contributed by atoms with E-state index in [1.165, 1.54) is 7.11 Å². The average molecular weight is 336 g/mol. The maximum atomic E-state index is 11.8. The van der Waals surface area contributed by atoms with Crippen LogP contribution in [-0.2, 0) is 11.3 Å². The molecular weight excluding hydrogens is 320 g/mol. The second-order valence-electron chi connectivity index (χ2n) is 5.81. The minimum atomic E-state index is -0.437. The first-order valence-electron chi connectivity index (χ1n) is 7.70. The van der Waals surface area contributed by atoms with Gasteiger partial charge in [0.1, 0.15) is 5.84 Å². The number of methoxy groups -OCH3 is 1. The van der Waals surface area contributed by atoms with E-state index in [4.69, 9.17) is 10.5 Å². The standard InChI is InChI=1S/C18H16N4O3/c1-25-18(24)9-2-4-14-12(7-9)15(17(23)22-14)16-20-8-10-6-11(19)3-5-13(10)21-16/h2-7,22-23H,8,19H2,1H3,(H,20,21). The Balaban J connectivity index is 1.81. The number of amidine groups is 1. The van der Waals surface area contributed by atoms with Gasteiger partial charge in [-0.3, -0.25) is 4.99 Å². The van der Waals surface area contributed by atoms with E-state index in [9.17, 15) is 9.90 Å². The van der Waals surface area contributed by atoms with Gasteiger partial charge in [-0.2, -0.15) is 0 Å². The molecule has 1 aliphatic rings. The number of aromatic nitrogens is 1. The van der Waals surface area contributed by atoms with Crippen LogP contribution in [0.5, 0.6) is 5.88 Å². The van der Waals surface area contributed by atoms with E-state index in [2.05, 4.69) is 15.3 Å². The fourth-order valence-electron chi connectivity index (χ4n) is 3.00. The third-order valence-electron chi connectivity index (χ3n) is 4.23. The van der Waals surface area contributed by atoms with E-state index in [0.717, 1.165) is 11.3 Å². The zero-order valence-corrected chi connectivity index (χ0v) is 13.5. The van der Waals surface area contributed by atoms with Gasteiger partial charge in [-0.15, -0.1) is 0 Å². The van der Waals surface area contributed by atoms with E-state index in [0.29, 0.717) is 40.1 Å². The number of nitrogens with two attached hydrogens (primary N) is 1. The molecule has 0 radical (unpaired) electrons. The van der Waals surface area contributed by atoms with Crippen LogP contribution < -0.4 is 11.1 Å². The van der Waals surface area contributed by atoms with Crippen molar-refractivity contribution >= 4 is 34.1 Å². The molecule has 0 amide bonds. The summed E-state index contributed by atoms with van der Waals surface area (Å²) in [6.45, 7) is 0.450. The van der Waals surface area contributed by atoms with E-state index >= 15 is 0 Å². The first-order valence-corrected chi connectivity index (χ1v) is 7.70. The number of aromatic amines is 1. The van der Waals surface area contributed by atoms with Crippen molar-refractivity contribution in [3.05, 3.63) is 53.1 Å². The number of fused-ring (bicyclic) bond motifs is 2. The van der Waals surface area contributed by atoms with E-state index in [1.807, 2.05) is 12.1 Å². The van der Waals surface area contributed by atoms with Crippen molar-refractivity contribution in [1.82, 2.24) is 4.98 Å². The molecule has 0 unspecified atom stereocenters. The summed E-state index contributed by atoms with van der Waals surface area (Å²) in [7, 11) is 1.33. The molecular formula is C18H16N4O3. The molecule has 0 aliphatic carbocycles. The summed E-state index contributed by atoms with van der Waals surface area (Å²) < 4.78 is 4.77. The van der Waals surface area contributed by atoms with Gasteiger partial charge in [-0.1, -0.05) is 0 Å². The van der Waals surface area contributed by atoms with E-state index in [-0.39, 0.29) is 5.88 Å². The summed E-state index contributed by atoms with van der Waals surface area (Å²) in [5, 5.41) is 14.3. The van der Waals surface area contributed by atoms with Crippen LogP contribution in [0.15, 0.2) is 41.4 Å². The number of ether oxygens (including phenoxy) is 1. The zero-order valence-electron chi connectivity index (χ0n) is 13.5. The van der Waals surface area contributed by atoms with Crippen LogP contribution in [0.25, 0.3) is 10.9 Å². The lowest BCUT2D eigenvalue weighted by Gasteiger charge is -2.18. The smallest absolute Gasteiger partial charge is 0.337 e. The van der Waals surface area contributed by atoms with Crippen molar-refractivity contribution in [3.8, 4) is 5.88 Å². The number of nitrogens with one attached hydrogen (secondary N) is 2. The average Bonchev–Trinajstić information content (AvgIpc) is 2.95. The third kappa shape index (κ3) is 2.46. The summed E-state index contributed by atoms with van der Waals surface area (Å²) in [5.74, 6) is 0.0816. The number of hydrogen-bond acceptors (Lipinski definition) is 6. The first kappa shape index (κ1) is 15.1. The van der Waals surface area contributed by atoms with Gasteiger partial charge >= 0.3 is 5.97 Å². The minimum absolute atomic E-state index is 0.0119. The molecule has 25 heavy (non-hydrogen) atoms. The number of carbonyl (C=O) groups excluding carboxylic acids is 1. The third-order valence-corrected chi connectivity index (χ3v) is 4.23. The molecule has 4 rings (SSSR count). The second-order valence-corrected chi connectivity index (χ2v) is 5.81. The van der Waals surface area contributed by atoms with Gasteiger partial charge in [-0.05, 0) is 42.0 Å². The number of benzene rings is 2. The van der Waals surface area contributed by atoms with Crippen LogP contribution in [0.2, 0.25) is 0 Å². The van der Waals surface area contributed by atoms with Gasteiger partial charge in [-0.25, -0.2) is 4.79 Å². The highest BCUT2D eigenvalue weighted by Gasteiger charge is 2.21. The lowest BCUT2D eigenvalue weighted by Crippen LogP contribution is -2.19. The number of hydrogen-bond donors (Lipinski definition) is 4. The fraction of sp³-hybridized carbons (Fsp3) is 0.111. The molecule has 1 aromatic heterocycles. The molecule has 3 aromatic rings. The summed E-state index contributed by atoms with van der Waals surface area (Å²) >= 11 is 0. The molecule has 2 heterocycles. The Morgan fingerprint density at radius 1 is 1.28 bits per heavy atom. The van der Waals surface area contributed by atoms with Crippen molar-refractivity contribution in [1.29, 1.82) is 0 Å². The SMILES string of the molecule is COC(=O)c1ccc2[nH]c(O)c(C3=NCc4cc(N)ccc4N3)c2c1. The molecule has 0 saturated heterocycles. The van der Waals surface area contributed by atoms with Gasteiger partial charge in [0.2, 0.25) is 5.88 Å². The van der Waals surface area contributed by atoms with Gasteiger partial charge in [0.05, 0.1) is 24.8 Å². The van der Waals surface area contributed by atoms with E-state index in [1.54, 1.807) is 24.3 Å². The predicted molar refractivity (Wildman–Crippen MR) is 96.0 cm³/mol. The lowest BCUT2D eigenvalue weighted by molar-refractivity contribution is 0.0601. The topological polar surface area (TPSA) is 113 Å². The van der Waals surface area contributed by atoms with Crippen molar-refractivity contribution in [2.24, 2.45) is 4.99 Å². The maximum absolute atomic E-state index is 11.8. The number of esters is 1. The molecule has 0 spiro atoms. The molecule has 0 fully saturated rings. The number of carbonyl (C=O) groups is 1. The summed E-state index contributed by atoms with van der Waals surface area (Å²) in [4.78, 5) is 19.2. The van der Waals surface area contributed by atoms with Crippen molar-refractivity contribution < 1.29 is 14.6 Å². The molecule has 2 aromatic carbocycles. The van der Waals surface area contributed by atoms with Crippen molar-refractivity contribution in [3.63, 3.8) is 0 Å². The number of nitrogen functional groups attached to an aromatic ring is 1. The number of rotatable bonds is 2. The Morgan fingerprint density at radius 3 is 2.92 bits per heavy atom. The van der Waals surface area contributed by atoms with Crippen LogP contribution in [0.3, 0.4) is 0 Å². The number of aromatic hydroxyl groups is 1. The Hall–Kier alpha value is -3.48. The van der Waals surface area contributed by atoms with Gasteiger partial charge in [0, 0.05) is 22.3 Å². The van der Waals surface area contributed by atoms with Gasteiger partial charge < -0.3 is 25.9 Å². The van der Waals surface area contributed by atoms with Crippen LogP contribution in [0, 0.1) is 0 Å². The highest BCUT2D eigenvalue weighted by molar-refractivity contribution is 6.19. The Kier molecular flexibility index (Phi) is 3.35. The Bertz CT molecular complexity index is 1040. The Morgan fingerprint density at radius 2 is 2.12 bits per heavy atom. The highest BCUT2D eigenvalue weighted by atomic mass is 16.5. The number of nitrogens with zero attached hydrogens (tertiary/aromatic N) is 1. The number of H-pyrrole nitrogens is 1. The molecule has 1 aliphatic heterocycles. The predicted octanol–water partition coefficient (Wildman–Crippen LogP) is 2.61. The lowest BCUT2D eigenvalue weighted by atomic mass is 10.1.